The smallest absolute Gasteiger partial charge is 0.338 e. The Hall–Kier alpha value is -1.16. The van der Waals surface area contributed by atoms with Gasteiger partial charge < -0.3 is 10.0 Å². The van der Waals surface area contributed by atoms with Crippen molar-refractivity contribution in [1.29, 1.82) is 0 Å². The second kappa shape index (κ2) is 5.68. The molecule has 0 amide bonds. The minimum Gasteiger partial charge on any atom is -0.478 e. The predicted octanol–water partition coefficient (Wildman–Crippen LogP) is 3.88. The Morgan fingerprint density at radius 3 is 2.85 bits per heavy atom. The standard InChI is InChI=1S/C16H21NO2S/c1-20-14-8-4-7-13(15(14)16(18)19)17-10-9-11-5-2-3-6-12(11)17/h4,7-8,11-12H,2-3,5-6,9-10H2,1H3,(H,18,19). The highest BCUT2D eigenvalue weighted by molar-refractivity contribution is 7.98. The van der Waals surface area contributed by atoms with E-state index >= 15 is 0 Å². The Balaban J connectivity index is 1.99. The zero-order chi connectivity index (χ0) is 14.1. The number of nitrogens with zero attached hydrogens (tertiary/aromatic N) is 1. The third kappa shape index (κ3) is 2.30. The highest BCUT2D eigenvalue weighted by Gasteiger charge is 2.37. The van der Waals surface area contributed by atoms with Crippen molar-refractivity contribution < 1.29 is 9.90 Å². The third-order valence-electron chi connectivity index (χ3n) is 4.76. The number of fused-ring (bicyclic) bond motifs is 1. The lowest BCUT2D eigenvalue weighted by atomic mass is 9.85. The molecule has 0 radical (unpaired) electrons. The molecule has 1 N–H and O–H groups in total. The number of carboxylic acids is 1. The number of hydrogen-bond acceptors (Lipinski definition) is 3. The summed E-state index contributed by atoms with van der Waals surface area (Å²) in [7, 11) is 0. The molecule has 0 aromatic heterocycles. The topological polar surface area (TPSA) is 40.5 Å². The normalized spacial score (nSPS) is 25.6. The Kier molecular flexibility index (Phi) is 3.92. The Bertz CT molecular complexity index is 517. The number of carbonyl (C=O) groups is 1. The van der Waals surface area contributed by atoms with E-state index in [0.29, 0.717) is 11.6 Å². The second-order valence-corrected chi connectivity index (χ2v) is 6.60. The van der Waals surface area contributed by atoms with Gasteiger partial charge in [0, 0.05) is 17.5 Å². The van der Waals surface area contributed by atoms with Crippen LogP contribution in [0.2, 0.25) is 0 Å². The molecule has 2 fully saturated rings. The Morgan fingerprint density at radius 2 is 2.10 bits per heavy atom. The summed E-state index contributed by atoms with van der Waals surface area (Å²) in [5.41, 5.74) is 1.42. The summed E-state index contributed by atoms with van der Waals surface area (Å²) in [6, 6.07) is 6.44. The van der Waals surface area contributed by atoms with E-state index in [1.165, 1.54) is 43.9 Å². The van der Waals surface area contributed by atoms with Gasteiger partial charge in [-0.05, 0) is 43.6 Å². The quantitative estimate of drug-likeness (QED) is 0.858. The molecule has 3 rings (SSSR count). The predicted molar refractivity (Wildman–Crippen MR) is 82.9 cm³/mol. The molecule has 108 valence electrons. The van der Waals surface area contributed by atoms with Crippen LogP contribution < -0.4 is 4.90 Å². The first-order valence-electron chi connectivity index (χ1n) is 7.39. The van der Waals surface area contributed by atoms with E-state index in [2.05, 4.69) is 4.90 Å². The molecule has 2 unspecified atom stereocenters. The van der Waals surface area contributed by atoms with Crippen LogP contribution in [-0.2, 0) is 0 Å². The number of anilines is 1. The molecule has 3 nitrogen and oxygen atoms in total. The summed E-state index contributed by atoms with van der Waals surface area (Å²) < 4.78 is 0. The van der Waals surface area contributed by atoms with Crippen molar-refractivity contribution in [1.82, 2.24) is 0 Å². The third-order valence-corrected chi connectivity index (χ3v) is 5.54. The molecule has 1 aromatic carbocycles. The highest BCUT2D eigenvalue weighted by Crippen LogP contribution is 2.41. The van der Waals surface area contributed by atoms with Gasteiger partial charge in [0.15, 0.2) is 0 Å². The lowest BCUT2D eigenvalue weighted by Gasteiger charge is -2.34. The van der Waals surface area contributed by atoms with Gasteiger partial charge in [-0.3, -0.25) is 0 Å². The first-order chi connectivity index (χ1) is 9.72. The van der Waals surface area contributed by atoms with Crippen molar-refractivity contribution in [2.45, 2.75) is 43.0 Å². The average Bonchev–Trinajstić information content (AvgIpc) is 2.90. The zero-order valence-corrected chi connectivity index (χ0v) is 12.7. The van der Waals surface area contributed by atoms with Crippen LogP contribution in [0.1, 0.15) is 42.5 Å². The molecule has 1 aliphatic carbocycles. The summed E-state index contributed by atoms with van der Waals surface area (Å²) in [5, 5.41) is 9.59. The lowest BCUT2D eigenvalue weighted by molar-refractivity contribution is 0.0693. The molecule has 1 heterocycles. The van der Waals surface area contributed by atoms with Crippen molar-refractivity contribution in [3.63, 3.8) is 0 Å². The van der Waals surface area contributed by atoms with E-state index in [1.54, 1.807) is 0 Å². The SMILES string of the molecule is CSc1cccc(N2CCC3CCCCC32)c1C(=O)O. The highest BCUT2D eigenvalue weighted by atomic mass is 32.2. The van der Waals surface area contributed by atoms with E-state index in [4.69, 9.17) is 0 Å². The summed E-state index contributed by atoms with van der Waals surface area (Å²) >= 11 is 1.52. The van der Waals surface area contributed by atoms with Gasteiger partial charge in [-0.2, -0.15) is 0 Å². The van der Waals surface area contributed by atoms with Crippen LogP contribution in [-0.4, -0.2) is 29.9 Å². The average molecular weight is 291 g/mol. The molecule has 1 saturated carbocycles. The van der Waals surface area contributed by atoms with Crippen LogP contribution in [0.3, 0.4) is 0 Å². The van der Waals surface area contributed by atoms with Gasteiger partial charge in [0.25, 0.3) is 0 Å². The van der Waals surface area contributed by atoms with Gasteiger partial charge in [-0.15, -0.1) is 11.8 Å². The molecule has 2 aliphatic rings. The monoisotopic (exact) mass is 291 g/mol. The summed E-state index contributed by atoms with van der Waals surface area (Å²) in [6.07, 6.45) is 8.30. The van der Waals surface area contributed by atoms with Crippen LogP contribution in [0.25, 0.3) is 0 Å². The van der Waals surface area contributed by atoms with Crippen molar-refractivity contribution in [3.8, 4) is 0 Å². The van der Waals surface area contributed by atoms with E-state index < -0.39 is 5.97 Å². The summed E-state index contributed by atoms with van der Waals surface area (Å²) in [5.74, 6) is -0.0347. The first kappa shape index (κ1) is 13.8. The van der Waals surface area contributed by atoms with E-state index in [0.717, 1.165) is 23.0 Å². The van der Waals surface area contributed by atoms with Crippen molar-refractivity contribution in [2.24, 2.45) is 5.92 Å². The van der Waals surface area contributed by atoms with E-state index in [1.807, 2.05) is 24.5 Å². The molecule has 4 heteroatoms. The van der Waals surface area contributed by atoms with Crippen molar-refractivity contribution in [2.75, 3.05) is 17.7 Å². The summed E-state index contributed by atoms with van der Waals surface area (Å²) in [4.78, 5) is 14.9. The van der Waals surface area contributed by atoms with Crippen LogP contribution in [0, 0.1) is 5.92 Å². The zero-order valence-electron chi connectivity index (χ0n) is 11.8. The molecule has 20 heavy (non-hydrogen) atoms. The van der Waals surface area contributed by atoms with Gasteiger partial charge >= 0.3 is 5.97 Å². The molecule has 1 aromatic rings. The van der Waals surface area contributed by atoms with Gasteiger partial charge in [0.2, 0.25) is 0 Å². The van der Waals surface area contributed by atoms with E-state index in [-0.39, 0.29) is 0 Å². The van der Waals surface area contributed by atoms with Gasteiger partial charge in [-0.25, -0.2) is 4.79 Å². The van der Waals surface area contributed by atoms with Gasteiger partial charge in [0.1, 0.15) is 0 Å². The number of aromatic carboxylic acids is 1. The molecule has 1 aliphatic heterocycles. The fraction of sp³-hybridized carbons (Fsp3) is 0.562. The Morgan fingerprint density at radius 1 is 1.30 bits per heavy atom. The molecular weight excluding hydrogens is 270 g/mol. The minimum atomic E-state index is -0.802. The maximum Gasteiger partial charge on any atom is 0.338 e. The second-order valence-electron chi connectivity index (χ2n) is 5.75. The fourth-order valence-corrected chi connectivity index (χ4v) is 4.46. The number of thioether (sulfide) groups is 1. The fourth-order valence-electron chi connectivity index (χ4n) is 3.85. The minimum absolute atomic E-state index is 0.492. The van der Waals surface area contributed by atoms with Crippen LogP contribution >= 0.6 is 11.8 Å². The number of benzene rings is 1. The molecular formula is C16H21NO2S. The number of carboxylic acid groups (broad SMARTS) is 1. The van der Waals surface area contributed by atoms with Crippen LogP contribution in [0.5, 0.6) is 0 Å². The number of rotatable bonds is 3. The van der Waals surface area contributed by atoms with Crippen LogP contribution in [0.4, 0.5) is 5.69 Å². The molecule has 1 saturated heterocycles. The van der Waals surface area contributed by atoms with Crippen molar-refractivity contribution in [3.05, 3.63) is 23.8 Å². The molecule has 0 bridgehead atoms. The maximum atomic E-state index is 11.7. The maximum absolute atomic E-state index is 11.7. The lowest BCUT2D eigenvalue weighted by Crippen LogP contribution is -2.35. The van der Waals surface area contributed by atoms with Crippen molar-refractivity contribution >= 4 is 23.4 Å². The Labute approximate surface area is 124 Å². The molecule has 2 atom stereocenters. The first-order valence-corrected chi connectivity index (χ1v) is 8.61. The summed E-state index contributed by atoms with van der Waals surface area (Å²) in [6.45, 7) is 1.01. The largest absolute Gasteiger partial charge is 0.478 e. The molecule has 0 spiro atoms. The van der Waals surface area contributed by atoms with Gasteiger partial charge in [0.05, 0.1) is 11.3 Å². The van der Waals surface area contributed by atoms with Gasteiger partial charge in [-0.1, -0.05) is 18.9 Å². The number of hydrogen-bond donors (Lipinski definition) is 1. The van der Waals surface area contributed by atoms with Crippen LogP contribution in [0.15, 0.2) is 23.1 Å². The van der Waals surface area contributed by atoms with E-state index in [9.17, 15) is 9.90 Å².